The van der Waals surface area contributed by atoms with Gasteiger partial charge in [0.2, 0.25) is 5.91 Å². The third-order valence-electron chi connectivity index (χ3n) is 3.46. The maximum atomic E-state index is 12.3. The van der Waals surface area contributed by atoms with Crippen molar-refractivity contribution in [2.24, 2.45) is 4.99 Å². The van der Waals surface area contributed by atoms with Crippen LogP contribution in [0.1, 0.15) is 12.5 Å². The molecule has 0 saturated carbocycles. The summed E-state index contributed by atoms with van der Waals surface area (Å²) in [5.41, 5.74) is 1.15. The van der Waals surface area contributed by atoms with Gasteiger partial charge in [0.05, 0.1) is 4.90 Å². The number of amidine groups is 1. The predicted octanol–water partition coefficient (Wildman–Crippen LogP) is 2.36. The lowest BCUT2D eigenvalue weighted by molar-refractivity contribution is -0.117. The Morgan fingerprint density at radius 1 is 1.21 bits per heavy atom. The second-order valence-electron chi connectivity index (χ2n) is 5.25. The normalized spacial score (nSPS) is 17.8. The molecule has 0 fully saturated rings. The summed E-state index contributed by atoms with van der Waals surface area (Å²) in [4.78, 5) is 16.7. The number of hydrogen-bond acceptors (Lipinski definition) is 4. The molecule has 6 nitrogen and oxygen atoms in total. The van der Waals surface area contributed by atoms with Crippen molar-refractivity contribution in [1.29, 1.82) is 0 Å². The molecule has 0 saturated heterocycles. The second kappa shape index (κ2) is 6.52. The molecule has 2 N–H and O–H groups in total. The van der Waals surface area contributed by atoms with Gasteiger partial charge in [-0.15, -0.1) is 0 Å². The van der Waals surface area contributed by atoms with Gasteiger partial charge in [-0.05, 0) is 59.8 Å². The second-order valence-corrected chi connectivity index (χ2v) is 8.15. The van der Waals surface area contributed by atoms with E-state index in [0.717, 1.165) is 3.57 Å². The van der Waals surface area contributed by atoms with Crippen molar-refractivity contribution in [3.05, 3.63) is 57.7 Å². The fourth-order valence-electron chi connectivity index (χ4n) is 2.29. The molecule has 0 bridgehead atoms. The van der Waals surface area contributed by atoms with Crippen LogP contribution in [0.15, 0.2) is 58.4 Å². The third kappa shape index (κ3) is 3.44. The van der Waals surface area contributed by atoms with E-state index in [2.05, 4.69) is 37.6 Å². The number of benzene rings is 2. The van der Waals surface area contributed by atoms with Gasteiger partial charge in [-0.1, -0.05) is 18.2 Å². The molecule has 124 valence electrons. The Morgan fingerprint density at radius 3 is 2.71 bits per heavy atom. The Labute approximate surface area is 153 Å². The van der Waals surface area contributed by atoms with Crippen molar-refractivity contribution in [3.63, 3.8) is 0 Å². The lowest BCUT2D eigenvalue weighted by atomic mass is 10.2. The van der Waals surface area contributed by atoms with E-state index in [1.807, 2.05) is 18.2 Å². The van der Waals surface area contributed by atoms with Gasteiger partial charge in [-0.2, -0.15) is 0 Å². The van der Waals surface area contributed by atoms with Gasteiger partial charge < -0.3 is 5.32 Å². The summed E-state index contributed by atoms with van der Waals surface area (Å²) in [6.07, 6.45) is 0. The van der Waals surface area contributed by atoms with Crippen LogP contribution in [0, 0.1) is 3.57 Å². The van der Waals surface area contributed by atoms with Gasteiger partial charge in [0.1, 0.15) is 11.9 Å². The van der Waals surface area contributed by atoms with Gasteiger partial charge in [0.25, 0.3) is 10.0 Å². The van der Waals surface area contributed by atoms with Gasteiger partial charge in [0.15, 0.2) is 0 Å². The monoisotopic (exact) mass is 455 g/mol. The average Bonchev–Trinajstić information content (AvgIpc) is 2.78. The van der Waals surface area contributed by atoms with Crippen LogP contribution < -0.4 is 10.0 Å². The summed E-state index contributed by atoms with van der Waals surface area (Å²) in [6.45, 7) is 1.62. The third-order valence-corrected chi connectivity index (χ3v) is 5.53. The van der Waals surface area contributed by atoms with E-state index in [0.29, 0.717) is 11.3 Å². The zero-order valence-electron chi connectivity index (χ0n) is 12.7. The minimum absolute atomic E-state index is 0.175. The maximum absolute atomic E-state index is 12.3. The van der Waals surface area contributed by atoms with E-state index in [1.165, 1.54) is 6.07 Å². The molecule has 2 aromatic rings. The number of halogens is 1. The maximum Gasteiger partial charge on any atom is 0.263 e. The molecule has 2 aromatic carbocycles. The smallest absolute Gasteiger partial charge is 0.263 e. The van der Waals surface area contributed by atoms with Crippen molar-refractivity contribution >= 4 is 50.0 Å². The summed E-state index contributed by atoms with van der Waals surface area (Å²) < 4.78 is 27.5. The number of carbonyl (C=O) groups is 1. The average molecular weight is 455 g/mol. The van der Waals surface area contributed by atoms with E-state index in [1.54, 1.807) is 31.2 Å². The predicted molar refractivity (Wildman–Crippen MR) is 101 cm³/mol. The van der Waals surface area contributed by atoms with Crippen molar-refractivity contribution in [3.8, 4) is 0 Å². The molecule has 3 rings (SSSR count). The first kappa shape index (κ1) is 16.9. The van der Waals surface area contributed by atoms with Gasteiger partial charge in [-0.25, -0.2) is 8.42 Å². The zero-order chi connectivity index (χ0) is 17.3. The van der Waals surface area contributed by atoms with Gasteiger partial charge >= 0.3 is 0 Å². The van der Waals surface area contributed by atoms with E-state index < -0.39 is 16.1 Å². The van der Waals surface area contributed by atoms with E-state index in [4.69, 9.17) is 0 Å². The van der Waals surface area contributed by atoms with Crippen LogP contribution in [0.25, 0.3) is 0 Å². The molecule has 1 heterocycles. The number of rotatable bonds is 3. The number of carbonyl (C=O) groups excluding carboxylic acids is 1. The summed E-state index contributed by atoms with van der Waals surface area (Å²) >= 11 is 2.16. The highest BCUT2D eigenvalue weighted by Crippen LogP contribution is 2.22. The Morgan fingerprint density at radius 2 is 1.96 bits per heavy atom. The first-order chi connectivity index (χ1) is 11.4. The topological polar surface area (TPSA) is 87.6 Å². The summed E-state index contributed by atoms with van der Waals surface area (Å²) in [7, 11) is -3.60. The fraction of sp³-hybridized carbons (Fsp3) is 0.125. The molecular formula is C16H14IN3O3S. The van der Waals surface area contributed by atoms with Gasteiger partial charge in [0, 0.05) is 14.8 Å². The number of aliphatic imine (C=N–C) groups is 1. The van der Waals surface area contributed by atoms with Crippen LogP contribution in [0.4, 0.5) is 5.69 Å². The van der Waals surface area contributed by atoms with Crippen LogP contribution in [0.2, 0.25) is 0 Å². The molecule has 0 radical (unpaired) electrons. The van der Waals surface area contributed by atoms with Crippen LogP contribution in [-0.2, 0) is 14.8 Å². The van der Waals surface area contributed by atoms with Crippen molar-refractivity contribution in [2.45, 2.75) is 17.9 Å². The number of amides is 1. The standard InChI is InChI=1S/C16H14IN3O3S/c1-10(16(21)19-12-6-4-5-11(17)9-12)18-15-13-7-2-3-8-14(13)24(22,23)20-15/h2-10H,1H3,(H,18,20)(H,19,21)/t10-/m0/s1. The van der Waals surface area contributed by atoms with Crippen molar-refractivity contribution < 1.29 is 13.2 Å². The molecule has 0 aromatic heterocycles. The van der Waals surface area contributed by atoms with E-state index >= 15 is 0 Å². The zero-order valence-corrected chi connectivity index (χ0v) is 15.6. The summed E-state index contributed by atoms with van der Waals surface area (Å²) in [5.74, 6) is -0.121. The number of fused-ring (bicyclic) bond motifs is 1. The molecule has 0 spiro atoms. The summed E-state index contributed by atoms with van der Waals surface area (Å²) in [6, 6.07) is 13.2. The molecule has 0 aliphatic carbocycles. The lowest BCUT2D eigenvalue weighted by Gasteiger charge is -2.10. The Hall–Kier alpha value is -1.94. The SMILES string of the molecule is C[C@H](N=C1NS(=O)(=O)c2ccccc21)C(=O)Nc1cccc(I)c1. The highest BCUT2D eigenvalue weighted by Gasteiger charge is 2.31. The minimum Gasteiger partial charge on any atom is -0.324 e. The largest absolute Gasteiger partial charge is 0.324 e. The quantitative estimate of drug-likeness (QED) is 0.697. The molecule has 1 atom stereocenters. The van der Waals surface area contributed by atoms with Crippen LogP contribution >= 0.6 is 22.6 Å². The van der Waals surface area contributed by atoms with Crippen LogP contribution in [0.5, 0.6) is 0 Å². The highest BCUT2D eigenvalue weighted by atomic mass is 127. The fourth-order valence-corrected chi connectivity index (χ4v) is 4.08. The molecular weight excluding hydrogens is 441 g/mol. The Kier molecular flexibility index (Phi) is 4.59. The van der Waals surface area contributed by atoms with Crippen molar-refractivity contribution in [2.75, 3.05) is 5.32 Å². The molecule has 24 heavy (non-hydrogen) atoms. The first-order valence-electron chi connectivity index (χ1n) is 7.13. The first-order valence-corrected chi connectivity index (χ1v) is 9.69. The number of nitrogens with zero attached hydrogens (tertiary/aromatic N) is 1. The van der Waals surface area contributed by atoms with Crippen molar-refractivity contribution in [1.82, 2.24) is 4.72 Å². The molecule has 1 amide bonds. The molecule has 8 heteroatoms. The number of anilines is 1. The number of nitrogens with one attached hydrogen (secondary N) is 2. The van der Waals surface area contributed by atoms with Gasteiger partial charge in [-0.3, -0.25) is 14.5 Å². The Balaban J connectivity index is 1.83. The summed E-state index contributed by atoms with van der Waals surface area (Å²) in [5, 5.41) is 2.77. The molecule has 1 aliphatic rings. The number of hydrogen-bond donors (Lipinski definition) is 2. The Bertz CT molecular complexity index is 941. The molecule has 0 unspecified atom stereocenters. The van der Waals surface area contributed by atoms with E-state index in [9.17, 15) is 13.2 Å². The van der Waals surface area contributed by atoms with Crippen LogP contribution in [0.3, 0.4) is 0 Å². The van der Waals surface area contributed by atoms with Crippen LogP contribution in [-0.4, -0.2) is 26.2 Å². The molecule has 1 aliphatic heterocycles. The number of sulfonamides is 1. The lowest BCUT2D eigenvalue weighted by Crippen LogP contribution is -2.28. The van der Waals surface area contributed by atoms with E-state index in [-0.39, 0.29) is 16.6 Å². The highest BCUT2D eigenvalue weighted by molar-refractivity contribution is 14.1. The minimum atomic E-state index is -3.60.